The normalized spacial score (nSPS) is 14.3. The summed E-state index contributed by atoms with van der Waals surface area (Å²) in [6.07, 6.45) is 0. The van der Waals surface area contributed by atoms with Crippen molar-refractivity contribution in [2.24, 2.45) is 0 Å². The van der Waals surface area contributed by atoms with Gasteiger partial charge < -0.3 is 9.80 Å². The fraction of sp³-hybridized carbons (Fsp3) is 0.160. The summed E-state index contributed by atoms with van der Waals surface area (Å²) in [5.74, 6) is 0. The molecule has 0 saturated heterocycles. The molecule has 258 valence electrons. The van der Waals surface area contributed by atoms with Crippen molar-refractivity contribution in [2.75, 3.05) is 9.80 Å². The summed E-state index contributed by atoms with van der Waals surface area (Å²) < 4.78 is 0. The van der Waals surface area contributed by atoms with Crippen LogP contribution in [0.1, 0.15) is 52.7 Å². The van der Waals surface area contributed by atoms with E-state index in [1.807, 2.05) is 0 Å². The summed E-state index contributed by atoms with van der Waals surface area (Å²) in [5, 5.41) is 0. The second-order valence-corrected chi connectivity index (χ2v) is 17.7. The van der Waals surface area contributed by atoms with Gasteiger partial charge in [-0.2, -0.15) is 0 Å². The highest BCUT2D eigenvalue weighted by molar-refractivity contribution is 7.03. The molecule has 11 rings (SSSR count). The van der Waals surface area contributed by atoms with E-state index in [9.17, 15) is 0 Å². The van der Waals surface area contributed by atoms with Crippen LogP contribution in [0.5, 0.6) is 0 Å². The molecule has 0 unspecified atom stereocenters. The van der Waals surface area contributed by atoms with Gasteiger partial charge in [0.05, 0.1) is 0 Å². The van der Waals surface area contributed by atoms with Gasteiger partial charge in [-0.3, -0.25) is 0 Å². The number of rotatable bonds is 2. The molecule has 0 spiro atoms. The first-order chi connectivity index (χ1) is 26.1. The fourth-order valence-corrected chi connectivity index (χ4v) is 10.3. The predicted molar refractivity (Wildman–Crippen MR) is 233 cm³/mol. The average molecular weight is 693 g/mol. The largest absolute Gasteiger partial charge is 0.312 e. The van der Waals surface area contributed by atoms with Crippen LogP contribution in [-0.4, -0.2) is 13.4 Å². The molecule has 0 aliphatic carbocycles. The number of para-hydroxylation sites is 2. The molecule has 0 bridgehead atoms. The Labute approximate surface area is 320 Å². The quantitative estimate of drug-likeness (QED) is 0.167. The highest BCUT2D eigenvalue weighted by Gasteiger charge is 2.50. The Morgan fingerprint density at radius 3 is 1.57 bits per heavy atom. The minimum absolute atomic E-state index is 0.0201. The smallest absolute Gasteiger partial charge is 0.248 e. The molecule has 4 heteroatoms. The number of benzene rings is 7. The predicted octanol–water partition coefficient (Wildman–Crippen LogP) is 8.84. The average Bonchev–Trinajstić information content (AvgIpc) is 3.69. The van der Waals surface area contributed by atoms with Crippen LogP contribution in [0, 0.1) is 0 Å². The molecule has 4 aliphatic rings. The first-order valence-corrected chi connectivity index (χ1v) is 19.5. The van der Waals surface area contributed by atoms with Gasteiger partial charge in [-0.15, -0.1) is 0 Å². The summed E-state index contributed by atoms with van der Waals surface area (Å²) in [7, 11) is 0. The molecule has 0 saturated carbocycles. The third-order valence-electron chi connectivity index (χ3n) is 12.5. The Balaban J connectivity index is 1.35. The van der Waals surface area contributed by atoms with Gasteiger partial charge in [-0.25, -0.2) is 0 Å². The molecule has 0 N–H and O–H groups in total. The topological polar surface area (TPSA) is 6.48 Å². The fourth-order valence-electron chi connectivity index (χ4n) is 10.3. The minimum atomic E-state index is -0.200. The number of anilines is 6. The van der Waals surface area contributed by atoms with Crippen molar-refractivity contribution in [3.63, 3.8) is 0 Å². The maximum Gasteiger partial charge on any atom is 0.248 e. The first-order valence-electron chi connectivity index (χ1n) is 19.5. The minimum Gasteiger partial charge on any atom is -0.312 e. The van der Waals surface area contributed by atoms with Crippen molar-refractivity contribution in [2.45, 2.75) is 52.4 Å². The summed E-state index contributed by atoms with van der Waals surface area (Å²) in [6, 6.07) is 55.2. The summed E-state index contributed by atoms with van der Waals surface area (Å²) in [5.41, 5.74) is 24.1. The van der Waals surface area contributed by atoms with E-state index in [1.54, 1.807) is 0 Å². The molecule has 0 amide bonds. The highest BCUT2D eigenvalue weighted by atomic mass is 15.2. The Bertz CT molecular complexity index is 2700. The molecule has 0 aromatic heterocycles. The van der Waals surface area contributed by atoms with Crippen molar-refractivity contribution >= 4 is 80.3 Å². The maximum absolute atomic E-state index is 2.65. The lowest BCUT2D eigenvalue weighted by Crippen LogP contribution is -2.61. The monoisotopic (exact) mass is 692 g/mol. The van der Waals surface area contributed by atoms with Gasteiger partial charge in [0.2, 0.25) is 13.4 Å². The maximum atomic E-state index is 2.65. The lowest BCUT2D eigenvalue weighted by atomic mass is 9.33. The standard InChI is InChI=1S/C50H42B2N2/c1-49(2,3)31-28-37-35-23-14-15-25-38(35)51-40-30-43-47(44(50(4,5)6)48(40)54(42(29-31)46(37)51)33-20-11-8-12-21-33)52-39-26-16-13-22-34(39)36-24-17-27-41(45(36)52)53(43)32-18-9-7-10-19-32/h7-30H,1-6H3. The molecule has 4 aliphatic heterocycles. The van der Waals surface area contributed by atoms with Crippen LogP contribution in [0.15, 0.2) is 146 Å². The first kappa shape index (κ1) is 31.8. The molecule has 7 aromatic carbocycles. The van der Waals surface area contributed by atoms with E-state index >= 15 is 0 Å². The second kappa shape index (κ2) is 10.9. The van der Waals surface area contributed by atoms with Crippen LogP contribution in [0.25, 0.3) is 22.3 Å². The lowest BCUT2D eigenvalue weighted by molar-refractivity contribution is 0.590. The van der Waals surface area contributed by atoms with E-state index in [4.69, 9.17) is 0 Å². The van der Waals surface area contributed by atoms with E-state index in [0.29, 0.717) is 0 Å². The van der Waals surface area contributed by atoms with Crippen LogP contribution in [0.2, 0.25) is 0 Å². The van der Waals surface area contributed by atoms with Crippen molar-refractivity contribution in [1.29, 1.82) is 0 Å². The molecule has 7 aromatic rings. The molecular weight excluding hydrogens is 650 g/mol. The van der Waals surface area contributed by atoms with E-state index in [-0.39, 0.29) is 24.3 Å². The molecule has 0 fully saturated rings. The summed E-state index contributed by atoms with van der Waals surface area (Å²) in [6.45, 7) is 14.6. The Morgan fingerprint density at radius 1 is 0.389 bits per heavy atom. The van der Waals surface area contributed by atoms with Crippen molar-refractivity contribution in [3.05, 3.63) is 157 Å². The number of nitrogens with zero attached hydrogens (tertiary/aromatic N) is 2. The molecule has 2 nitrogen and oxygen atoms in total. The summed E-state index contributed by atoms with van der Waals surface area (Å²) >= 11 is 0. The van der Waals surface area contributed by atoms with Crippen molar-refractivity contribution < 1.29 is 0 Å². The van der Waals surface area contributed by atoms with Crippen LogP contribution in [0.3, 0.4) is 0 Å². The van der Waals surface area contributed by atoms with Gasteiger partial charge in [0.25, 0.3) is 0 Å². The van der Waals surface area contributed by atoms with Gasteiger partial charge in [0.1, 0.15) is 0 Å². The van der Waals surface area contributed by atoms with Gasteiger partial charge >= 0.3 is 0 Å². The Hall–Kier alpha value is -5.73. The van der Waals surface area contributed by atoms with E-state index in [0.717, 1.165) is 0 Å². The molecule has 0 atom stereocenters. The molecular formula is C50H42B2N2. The van der Waals surface area contributed by atoms with Crippen LogP contribution < -0.4 is 42.6 Å². The van der Waals surface area contributed by atoms with Crippen molar-refractivity contribution in [3.8, 4) is 22.3 Å². The van der Waals surface area contributed by atoms with Crippen LogP contribution in [0.4, 0.5) is 34.1 Å². The zero-order valence-corrected chi connectivity index (χ0v) is 31.9. The van der Waals surface area contributed by atoms with E-state index in [2.05, 4.69) is 197 Å². The summed E-state index contributed by atoms with van der Waals surface area (Å²) in [4.78, 5) is 5.24. The van der Waals surface area contributed by atoms with Crippen molar-refractivity contribution in [1.82, 2.24) is 0 Å². The molecule has 4 heterocycles. The van der Waals surface area contributed by atoms with Gasteiger partial charge in [-0.1, -0.05) is 156 Å². The number of hydrogen-bond donors (Lipinski definition) is 0. The van der Waals surface area contributed by atoms with Gasteiger partial charge in [-0.05, 0) is 109 Å². The van der Waals surface area contributed by atoms with E-state index < -0.39 is 0 Å². The third-order valence-corrected chi connectivity index (χ3v) is 12.5. The second-order valence-electron chi connectivity index (χ2n) is 17.7. The highest BCUT2D eigenvalue weighted by Crippen LogP contribution is 2.49. The van der Waals surface area contributed by atoms with Crippen LogP contribution >= 0.6 is 0 Å². The number of hydrogen-bond acceptors (Lipinski definition) is 2. The van der Waals surface area contributed by atoms with Gasteiger partial charge in [0, 0.05) is 34.1 Å². The zero-order chi connectivity index (χ0) is 36.7. The number of fused-ring (bicyclic) bond motifs is 10. The zero-order valence-electron chi connectivity index (χ0n) is 31.9. The van der Waals surface area contributed by atoms with E-state index in [1.165, 1.54) is 100 Å². The SMILES string of the molecule is CC(C)(C)c1cc2c3c(c1)N(c1ccccc1)c1c(cc4c(c1C(C)(C)C)B1c5ccccc5-c5cccc(c51)N4c1ccccc1)B3c1ccccc1-2. The molecule has 54 heavy (non-hydrogen) atoms. The third kappa shape index (κ3) is 4.20. The van der Waals surface area contributed by atoms with Gasteiger partial charge in [0.15, 0.2) is 0 Å². The lowest BCUT2D eigenvalue weighted by Gasteiger charge is -2.45. The Kier molecular flexibility index (Phi) is 6.42. The molecule has 0 radical (unpaired) electrons. The van der Waals surface area contributed by atoms with Crippen LogP contribution in [-0.2, 0) is 10.8 Å². The Morgan fingerprint density at radius 2 is 0.926 bits per heavy atom.